The summed E-state index contributed by atoms with van der Waals surface area (Å²) in [5.74, 6) is 6.40. The van der Waals surface area contributed by atoms with Gasteiger partial charge >= 0.3 is 0 Å². The van der Waals surface area contributed by atoms with Gasteiger partial charge in [0.1, 0.15) is 0 Å². The molecule has 2 rings (SSSR count). The van der Waals surface area contributed by atoms with Crippen LogP contribution in [0.4, 0.5) is 0 Å². The third-order valence-electron chi connectivity index (χ3n) is 3.49. The summed E-state index contributed by atoms with van der Waals surface area (Å²) >= 11 is 0. The van der Waals surface area contributed by atoms with Crippen molar-refractivity contribution in [2.24, 2.45) is 11.8 Å². The maximum Gasteiger partial charge on any atom is 0.0490 e. The van der Waals surface area contributed by atoms with E-state index in [9.17, 15) is 0 Å². The quantitative estimate of drug-likeness (QED) is 0.586. The molecule has 1 atom stereocenters. The second-order valence-electron chi connectivity index (χ2n) is 4.77. The van der Waals surface area contributed by atoms with E-state index in [1.807, 2.05) is 0 Å². The van der Waals surface area contributed by atoms with Gasteiger partial charge in [0.25, 0.3) is 0 Å². The number of nitrogens with two attached hydrogens (primary N) is 1. The summed E-state index contributed by atoms with van der Waals surface area (Å²) in [6.45, 7) is 6.50. The molecule has 0 amide bonds. The van der Waals surface area contributed by atoms with E-state index >= 15 is 0 Å². The molecule has 2 heteroatoms. The van der Waals surface area contributed by atoms with Crippen LogP contribution < -0.4 is 11.3 Å². The highest BCUT2D eigenvalue weighted by Crippen LogP contribution is 2.41. The van der Waals surface area contributed by atoms with Crippen LogP contribution in [0.1, 0.15) is 41.1 Å². The fourth-order valence-corrected chi connectivity index (χ4v) is 2.23. The topological polar surface area (TPSA) is 38.0 Å². The highest BCUT2D eigenvalue weighted by atomic mass is 15.2. The van der Waals surface area contributed by atoms with Gasteiger partial charge < -0.3 is 0 Å². The molecule has 1 aromatic carbocycles. The Bertz CT molecular complexity index is 367. The molecule has 1 saturated carbocycles. The van der Waals surface area contributed by atoms with Crippen LogP contribution in [-0.4, -0.2) is 0 Å². The van der Waals surface area contributed by atoms with Crippen molar-refractivity contribution in [1.82, 2.24) is 5.43 Å². The third kappa shape index (κ3) is 2.06. The van der Waals surface area contributed by atoms with Crippen molar-refractivity contribution in [2.45, 2.75) is 39.7 Å². The standard InChI is InChI=1S/C13H20N2/c1-8-6-10(3)12(7-9(8)2)13(15-14)11-4-5-11/h6-7,11,13,15H,4-5,14H2,1-3H3. The second-order valence-corrected chi connectivity index (χ2v) is 4.77. The molecule has 2 nitrogen and oxygen atoms in total. The van der Waals surface area contributed by atoms with Gasteiger partial charge in [0.05, 0.1) is 0 Å². The molecule has 0 radical (unpaired) electrons. The highest BCUT2D eigenvalue weighted by Gasteiger charge is 2.32. The molecular weight excluding hydrogens is 184 g/mol. The smallest absolute Gasteiger partial charge is 0.0490 e. The van der Waals surface area contributed by atoms with E-state index in [2.05, 4.69) is 38.3 Å². The molecule has 1 aliphatic carbocycles. The minimum atomic E-state index is 0.351. The second kappa shape index (κ2) is 3.95. The van der Waals surface area contributed by atoms with Gasteiger partial charge in [-0.15, -0.1) is 0 Å². The SMILES string of the molecule is Cc1cc(C)c(C(NN)C2CC2)cc1C. The number of rotatable bonds is 3. The van der Waals surface area contributed by atoms with Gasteiger partial charge in [0, 0.05) is 6.04 Å². The summed E-state index contributed by atoms with van der Waals surface area (Å²) in [4.78, 5) is 0. The van der Waals surface area contributed by atoms with Gasteiger partial charge in [-0.1, -0.05) is 12.1 Å². The number of nitrogens with one attached hydrogen (secondary N) is 1. The summed E-state index contributed by atoms with van der Waals surface area (Å²) < 4.78 is 0. The Hall–Kier alpha value is -0.860. The average molecular weight is 204 g/mol. The van der Waals surface area contributed by atoms with E-state index in [0.29, 0.717) is 6.04 Å². The molecule has 82 valence electrons. The van der Waals surface area contributed by atoms with E-state index in [4.69, 9.17) is 5.84 Å². The Morgan fingerprint density at radius 2 is 1.73 bits per heavy atom. The lowest BCUT2D eigenvalue weighted by Gasteiger charge is -2.19. The number of aryl methyl sites for hydroxylation is 3. The zero-order valence-electron chi connectivity index (χ0n) is 9.80. The molecule has 0 aliphatic heterocycles. The van der Waals surface area contributed by atoms with Crippen LogP contribution in [0.15, 0.2) is 12.1 Å². The Balaban J connectivity index is 2.37. The Kier molecular flexibility index (Phi) is 2.81. The summed E-state index contributed by atoms with van der Waals surface area (Å²) in [5, 5.41) is 0. The van der Waals surface area contributed by atoms with Crippen LogP contribution in [0, 0.1) is 26.7 Å². The highest BCUT2D eigenvalue weighted by molar-refractivity contribution is 5.38. The molecule has 0 heterocycles. The Morgan fingerprint density at radius 3 is 2.27 bits per heavy atom. The van der Waals surface area contributed by atoms with E-state index in [1.54, 1.807) is 0 Å². The van der Waals surface area contributed by atoms with Gasteiger partial charge in [0.15, 0.2) is 0 Å². The first kappa shape index (κ1) is 10.7. The summed E-state index contributed by atoms with van der Waals surface area (Å²) in [7, 11) is 0. The molecule has 1 fully saturated rings. The predicted molar refractivity (Wildman–Crippen MR) is 63.4 cm³/mol. The van der Waals surface area contributed by atoms with Crippen LogP contribution in [-0.2, 0) is 0 Å². The van der Waals surface area contributed by atoms with E-state index in [1.165, 1.54) is 35.1 Å². The number of benzene rings is 1. The lowest BCUT2D eigenvalue weighted by Crippen LogP contribution is -2.30. The van der Waals surface area contributed by atoms with Crippen molar-refractivity contribution < 1.29 is 0 Å². The zero-order valence-corrected chi connectivity index (χ0v) is 9.80. The summed E-state index contributed by atoms with van der Waals surface area (Å²) in [6.07, 6.45) is 2.61. The maximum absolute atomic E-state index is 5.65. The molecule has 0 bridgehead atoms. The molecule has 1 unspecified atom stereocenters. The van der Waals surface area contributed by atoms with Gasteiger partial charge in [0.2, 0.25) is 0 Å². The minimum absolute atomic E-state index is 0.351. The largest absolute Gasteiger partial charge is 0.271 e. The molecule has 0 aromatic heterocycles. The van der Waals surface area contributed by atoms with Crippen molar-refractivity contribution in [3.63, 3.8) is 0 Å². The van der Waals surface area contributed by atoms with Crippen LogP contribution in [0.25, 0.3) is 0 Å². The van der Waals surface area contributed by atoms with Crippen molar-refractivity contribution in [1.29, 1.82) is 0 Å². The van der Waals surface area contributed by atoms with E-state index in [0.717, 1.165) is 5.92 Å². The Morgan fingerprint density at radius 1 is 1.13 bits per heavy atom. The van der Waals surface area contributed by atoms with Gasteiger partial charge in [-0.25, -0.2) is 0 Å². The maximum atomic E-state index is 5.65. The fraction of sp³-hybridized carbons (Fsp3) is 0.538. The molecule has 0 spiro atoms. The fourth-order valence-electron chi connectivity index (χ4n) is 2.23. The van der Waals surface area contributed by atoms with Crippen LogP contribution in [0.3, 0.4) is 0 Å². The number of hydrogen-bond donors (Lipinski definition) is 2. The normalized spacial score (nSPS) is 17.9. The number of hydrazine groups is 1. The molecular formula is C13H20N2. The lowest BCUT2D eigenvalue weighted by molar-refractivity contribution is 0.494. The first-order valence-electron chi connectivity index (χ1n) is 5.67. The van der Waals surface area contributed by atoms with Gasteiger partial charge in [-0.3, -0.25) is 11.3 Å². The first-order chi connectivity index (χ1) is 7.13. The average Bonchev–Trinajstić information content (AvgIpc) is 2.99. The number of hydrogen-bond acceptors (Lipinski definition) is 2. The Labute approximate surface area is 91.8 Å². The van der Waals surface area contributed by atoms with Crippen molar-refractivity contribution in [2.75, 3.05) is 0 Å². The molecule has 1 aliphatic rings. The molecule has 3 N–H and O–H groups in total. The van der Waals surface area contributed by atoms with Gasteiger partial charge in [-0.2, -0.15) is 0 Å². The molecule has 15 heavy (non-hydrogen) atoms. The summed E-state index contributed by atoms with van der Waals surface area (Å²) in [5.41, 5.74) is 8.42. The van der Waals surface area contributed by atoms with Crippen LogP contribution in [0.2, 0.25) is 0 Å². The lowest BCUT2D eigenvalue weighted by atomic mass is 9.94. The monoisotopic (exact) mass is 204 g/mol. The molecule has 0 saturated heterocycles. The summed E-state index contributed by atoms with van der Waals surface area (Å²) in [6, 6.07) is 4.90. The van der Waals surface area contributed by atoms with Crippen molar-refractivity contribution >= 4 is 0 Å². The van der Waals surface area contributed by atoms with Crippen LogP contribution >= 0.6 is 0 Å². The van der Waals surface area contributed by atoms with E-state index < -0.39 is 0 Å². The zero-order chi connectivity index (χ0) is 11.0. The van der Waals surface area contributed by atoms with Crippen LogP contribution in [0.5, 0.6) is 0 Å². The van der Waals surface area contributed by atoms with Crippen molar-refractivity contribution in [3.05, 3.63) is 34.4 Å². The van der Waals surface area contributed by atoms with E-state index in [-0.39, 0.29) is 0 Å². The predicted octanol–water partition coefficient (Wildman–Crippen LogP) is 2.53. The van der Waals surface area contributed by atoms with Crippen molar-refractivity contribution in [3.8, 4) is 0 Å². The third-order valence-corrected chi connectivity index (χ3v) is 3.49. The van der Waals surface area contributed by atoms with Gasteiger partial charge in [-0.05, 0) is 61.8 Å². The molecule has 1 aromatic rings. The minimum Gasteiger partial charge on any atom is -0.271 e. The first-order valence-corrected chi connectivity index (χ1v) is 5.67.